The van der Waals surface area contributed by atoms with E-state index in [-0.39, 0.29) is 5.91 Å². The Morgan fingerprint density at radius 3 is 2.62 bits per heavy atom. The van der Waals surface area contributed by atoms with E-state index in [0.717, 1.165) is 42.6 Å². The molecule has 4 heteroatoms. The number of fused-ring (bicyclic) bond motifs is 1. The first-order valence-corrected chi connectivity index (χ1v) is 8.48. The van der Waals surface area contributed by atoms with Crippen LogP contribution in [0.25, 0.3) is 22.4 Å². The molecule has 0 aliphatic carbocycles. The second-order valence-corrected chi connectivity index (χ2v) is 6.34. The topological polar surface area (TPSA) is 46.3 Å². The summed E-state index contributed by atoms with van der Waals surface area (Å²) in [5.41, 5.74) is 2.25. The lowest BCUT2D eigenvalue weighted by Gasteiger charge is -2.27. The van der Waals surface area contributed by atoms with Crippen molar-refractivity contribution in [2.24, 2.45) is 0 Å². The van der Waals surface area contributed by atoms with Crippen molar-refractivity contribution >= 4 is 16.8 Å². The van der Waals surface area contributed by atoms with Crippen LogP contribution in [0.5, 0.6) is 0 Å². The lowest BCUT2D eigenvalue weighted by molar-refractivity contribution is 0.0726. The number of likely N-dealkylation sites (tertiary alicyclic amines) is 1. The maximum absolute atomic E-state index is 13.1. The van der Waals surface area contributed by atoms with E-state index < -0.39 is 0 Å². The van der Waals surface area contributed by atoms with Crippen molar-refractivity contribution in [3.05, 3.63) is 53.8 Å². The van der Waals surface area contributed by atoms with Crippen molar-refractivity contribution in [2.75, 3.05) is 13.1 Å². The van der Waals surface area contributed by atoms with Gasteiger partial charge in [-0.05, 0) is 50.5 Å². The molecule has 1 amide bonds. The van der Waals surface area contributed by atoms with Gasteiger partial charge in [0.25, 0.3) is 5.91 Å². The molecule has 1 saturated heterocycles. The molecule has 0 N–H and O–H groups in total. The van der Waals surface area contributed by atoms with Gasteiger partial charge in [0.1, 0.15) is 11.5 Å². The van der Waals surface area contributed by atoms with Crippen molar-refractivity contribution in [2.45, 2.75) is 26.2 Å². The molecule has 0 bridgehead atoms. The molecule has 4 nitrogen and oxygen atoms in total. The Labute approximate surface area is 141 Å². The van der Waals surface area contributed by atoms with Crippen LogP contribution in [0.3, 0.4) is 0 Å². The molecular formula is C20H20N2O2. The second kappa shape index (κ2) is 6.11. The highest BCUT2D eigenvalue weighted by Crippen LogP contribution is 2.27. The number of pyridine rings is 1. The number of piperidine rings is 1. The number of furan rings is 1. The van der Waals surface area contributed by atoms with Gasteiger partial charge in [0.2, 0.25) is 0 Å². The van der Waals surface area contributed by atoms with Crippen molar-refractivity contribution in [3.8, 4) is 11.5 Å². The predicted molar refractivity (Wildman–Crippen MR) is 93.9 cm³/mol. The van der Waals surface area contributed by atoms with Gasteiger partial charge in [0.15, 0.2) is 5.76 Å². The summed E-state index contributed by atoms with van der Waals surface area (Å²) in [7, 11) is 0. The Bertz CT molecular complexity index is 892. The van der Waals surface area contributed by atoms with Crippen LogP contribution < -0.4 is 0 Å². The van der Waals surface area contributed by atoms with Gasteiger partial charge in [0, 0.05) is 18.5 Å². The summed E-state index contributed by atoms with van der Waals surface area (Å²) < 4.78 is 5.71. The maximum atomic E-state index is 13.1. The number of nitrogens with zero attached hydrogens (tertiary/aromatic N) is 2. The van der Waals surface area contributed by atoms with Gasteiger partial charge in [-0.2, -0.15) is 0 Å². The van der Waals surface area contributed by atoms with Crippen molar-refractivity contribution in [1.82, 2.24) is 9.88 Å². The lowest BCUT2D eigenvalue weighted by atomic mass is 10.0. The van der Waals surface area contributed by atoms with Crippen LogP contribution in [0.2, 0.25) is 0 Å². The van der Waals surface area contributed by atoms with Crippen LogP contribution >= 0.6 is 0 Å². The quantitative estimate of drug-likeness (QED) is 0.702. The minimum Gasteiger partial charge on any atom is -0.460 e. The number of hydrogen-bond acceptors (Lipinski definition) is 3. The highest BCUT2D eigenvalue weighted by Gasteiger charge is 2.22. The number of para-hydroxylation sites is 1. The minimum absolute atomic E-state index is 0.0952. The number of carbonyl (C=O) groups excluding carboxylic acids is 1. The van der Waals surface area contributed by atoms with E-state index in [1.807, 2.05) is 54.3 Å². The van der Waals surface area contributed by atoms with E-state index in [2.05, 4.69) is 4.98 Å². The fraction of sp³-hybridized carbons (Fsp3) is 0.300. The zero-order valence-electron chi connectivity index (χ0n) is 13.8. The molecule has 0 atom stereocenters. The largest absolute Gasteiger partial charge is 0.460 e. The van der Waals surface area contributed by atoms with Gasteiger partial charge < -0.3 is 9.32 Å². The third kappa shape index (κ3) is 2.68. The zero-order valence-corrected chi connectivity index (χ0v) is 13.8. The molecule has 3 heterocycles. The Morgan fingerprint density at radius 2 is 1.88 bits per heavy atom. The summed E-state index contributed by atoms with van der Waals surface area (Å²) in [5.74, 6) is 1.63. The molecule has 1 aliphatic rings. The van der Waals surface area contributed by atoms with E-state index >= 15 is 0 Å². The number of carbonyl (C=O) groups is 1. The highest BCUT2D eigenvalue weighted by atomic mass is 16.3. The number of aryl methyl sites for hydroxylation is 1. The number of aromatic nitrogens is 1. The first kappa shape index (κ1) is 14.9. The van der Waals surface area contributed by atoms with Crippen LogP contribution in [0, 0.1) is 6.92 Å². The second-order valence-electron chi connectivity index (χ2n) is 6.34. The summed E-state index contributed by atoms with van der Waals surface area (Å²) in [6.45, 7) is 3.58. The Balaban J connectivity index is 1.84. The SMILES string of the molecule is Cc1ccc(-c2cc(C(=O)N3CCCCC3)c3ccccc3n2)o1. The average molecular weight is 320 g/mol. The van der Waals surface area contributed by atoms with Crippen LogP contribution in [0.4, 0.5) is 0 Å². The molecule has 0 unspecified atom stereocenters. The number of rotatable bonds is 2. The van der Waals surface area contributed by atoms with E-state index in [1.165, 1.54) is 6.42 Å². The number of amides is 1. The molecule has 1 fully saturated rings. The zero-order chi connectivity index (χ0) is 16.5. The molecular weight excluding hydrogens is 300 g/mol. The molecule has 1 aliphatic heterocycles. The molecule has 3 aromatic rings. The molecule has 0 spiro atoms. The molecule has 1 aromatic carbocycles. The molecule has 24 heavy (non-hydrogen) atoms. The maximum Gasteiger partial charge on any atom is 0.254 e. The molecule has 4 rings (SSSR count). The fourth-order valence-corrected chi connectivity index (χ4v) is 3.32. The van der Waals surface area contributed by atoms with Gasteiger partial charge in [-0.25, -0.2) is 4.98 Å². The van der Waals surface area contributed by atoms with Crippen molar-refractivity contribution < 1.29 is 9.21 Å². The smallest absolute Gasteiger partial charge is 0.254 e. The van der Waals surface area contributed by atoms with Gasteiger partial charge in [0.05, 0.1) is 11.1 Å². The van der Waals surface area contributed by atoms with E-state index in [0.29, 0.717) is 17.0 Å². The first-order valence-electron chi connectivity index (χ1n) is 8.48. The van der Waals surface area contributed by atoms with Gasteiger partial charge in [-0.15, -0.1) is 0 Å². The van der Waals surface area contributed by atoms with Gasteiger partial charge >= 0.3 is 0 Å². The number of hydrogen-bond donors (Lipinski definition) is 0. The molecule has 2 aromatic heterocycles. The highest BCUT2D eigenvalue weighted by molar-refractivity contribution is 6.07. The van der Waals surface area contributed by atoms with Crippen molar-refractivity contribution in [1.29, 1.82) is 0 Å². The van der Waals surface area contributed by atoms with E-state index in [1.54, 1.807) is 0 Å². The Morgan fingerprint density at radius 1 is 1.08 bits per heavy atom. The van der Waals surface area contributed by atoms with E-state index in [9.17, 15) is 4.79 Å². The molecule has 122 valence electrons. The summed E-state index contributed by atoms with van der Waals surface area (Å²) in [5, 5.41) is 0.903. The molecule has 0 saturated carbocycles. The van der Waals surface area contributed by atoms with Gasteiger partial charge in [-0.1, -0.05) is 18.2 Å². The summed E-state index contributed by atoms with van der Waals surface area (Å²) >= 11 is 0. The van der Waals surface area contributed by atoms with Gasteiger partial charge in [-0.3, -0.25) is 4.79 Å². The Kier molecular flexibility index (Phi) is 3.81. The third-order valence-corrected chi connectivity index (χ3v) is 4.58. The first-order chi connectivity index (χ1) is 11.7. The van der Waals surface area contributed by atoms with Crippen molar-refractivity contribution in [3.63, 3.8) is 0 Å². The standard InChI is InChI=1S/C20H20N2O2/c1-14-9-10-19(24-14)18-13-16(15-7-3-4-8-17(15)21-18)20(23)22-11-5-2-6-12-22/h3-4,7-10,13H,2,5-6,11-12H2,1H3. The van der Waals surface area contributed by atoms with Crippen LogP contribution in [0.1, 0.15) is 35.4 Å². The lowest BCUT2D eigenvalue weighted by Crippen LogP contribution is -2.35. The Hall–Kier alpha value is -2.62. The summed E-state index contributed by atoms with van der Waals surface area (Å²) in [6, 6.07) is 13.5. The normalized spacial score (nSPS) is 15.0. The fourth-order valence-electron chi connectivity index (χ4n) is 3.32. The van der Waals surface area contributed by atoms with E-state index in [4.69, 9.17) is 4.42 Å². The average Bonchev–Trinajstić information content (AvgIpc) is 3.07. The third-order valence-electron chi connectivity index (χ3n) is 4.58. The minimum atomic E-state index is 0.0952. The monoisotopic (exact) mass is 320 g/mol. The van der Waals surface area contributed by atoms with Crippen LogP contribution in [0.15, 0.2) is 46.9 Å². The molecule has 0 radical (unpaired) electrons. The summed E-state index contributed by atoms with van der Waals surface area (Å²) in [6.07, 6.45) is 3.37. The van der Waals surface area contributed by atoms with Crippen LogP contribution in [-0.2, 0) is 0 Å². The predicted octanol–water partition coefficient (Wildman–Crippen LogP) is 4.43. The summed E-state index contributed by atoms with van der Waals surface area (Å²) in [4.78, 5) is 19.7. The van der Waals surface area contributed by atoms with Crippen LogP contribution in [-0.4, -0.2) is 28.9 Å². The number of benzene rings is 1.